The van der Waals surface area contributed by atoms with Crippen molar-refractivity contribution in [2.45, 2.75) is 6.18 Å². The van der Waals surface area contributed by atoms with Crippen molar-refractivity contribution in [2.24, 2.45) is 0 Å². The van der Waals surface area contributed by atoms with Crippen molar-refractivity contribution >= 4 is 17.6 Å². The van der Waals surface area contributed by atoms with Crippen molar-refractivity contribution in [3.8, 4) is 0 Å². The maximum Gasteiger partial charge on any atom is 0.471 e. The Morgan fingerprint density at radius 3 is 2.05 bits per heavy atom. The van der Waals surface area contributed by atoms with Crippen LogP contribution >= 0.6 is 0 Å². The highest BCUT2D eigenvalue weighted by atomic mass is 19.4. The lowest BCUT2D eigenvalue weighted by molar-refractivity contribution is -0.167. The first-order valence-electron chi connectivity index (χ1n) is 4.34. The zero-order chi connectivity index (χ0) is 15.0. The minimum Gasteiger partial charge on any atom is -0.478 e. The number of amides is 1. The minimum atomic E-state index is -5.44. The first-order valence-corrected chi connectivity index (χ1v) is 4.34. The molecule has 0 aliphatic heterocycles. The zero-order valence-electron chi connectivity index (χ0n) is 8.61. The number of carboxylic acid groups (broad SMARTS) is 1. The molecule has 0 unspecified atom stereocenters. The minimum absolute atomic E-state index is 0.0489. The van der Waals surface area contributed by atoms with E-state index in [0.29, 0.717) is 0 Å². The molecule has 10 heteroatoms. The molecule has 0 saturated carbocycles. The van der Waals surface area contributed by atoms with Crippen LogP contribution in [-0.4, -0.2) is 23.2 Å². The van der Waals surface area contributed by atoms with E-state index in [4.69, 9.17) is 5.11 Å². The molecule has 0 aliphatic rings. The largest absolute Gasteiger partial charge is 0.478 e. The van der Waals surface area contributed by atoms with Crippen LogP contribution in [0.5, 0.6) is 0 Å². The van der Waals surface area contributed by atoms with E-state index in [-0.39, 0.29) is 6.07 Å². The molecule has 1 aromatic carbocycles. The van der Waals surface area contributed by atoms with Gasteiger partial charge in [-0.05, 0) is 6.07 Å². The second kappa shape index (κ2) is 4.78. The summed E-state index contributed by atoms with van der Waals surface area (Å²) in [6.45, 7) is 0. The van der Waals surface area contributed by atoms with Crippen molar-refractivity contribution in [3.63, 3.8) is 0 Å². The lowest BCUT2D eigenvalue weighted by Crippen LogP contribution is -2.31. The van der Waals surface area contributed by atoms with Gasteiger partial charge in [0.1, 0.15) is 11.3 Å². The number of hydrogen-bond acceptors (Lipinski definition) is 2. The molecule has 0 spiro atoms. The van der Waals surface area contributed by atoms with Gasteiger partial charge in [-0.1, -0.05) is 0 Å². The van der Waals surface area contributed by atoms with Gasteiger partial charge in [-0.15, -0.1) is 0 Å². The number of nitrogens with one attached hydrogen (secondary N) is 1. The monoisotopic (exact) mass is 287 g/mol. The van der Waals surface area contributed by atoms with Crippen LogP contribution in [0.1, 0.15) is 10.4 Å². The van der Waals surface area contributed by atoms with E-state index in [1.54, 1.807) is 0 Å². The Morgan fingerprint density at radius 2 is 1.63 bits per heavy atom. The van der Waals surface area contributed by atoms with Gasteiger partial charge >= 0.3 is 18.1 Å². The fraction of sp³-hybridized carbons (Fsp3) is 0.111. The Labute approximate surface area is 100 Å². The van der Waals surface area contributed by atoms with Crippen LogP contribution in [0, 0.1) is 17.5 Å². The van der Waals surface area contributed by atoms with Gasteiger partial charge in [0.05, 0.1) is 0 Å². The smallest absolute Gasteiger partial charge is 0.471 e. The molecule has 1 rings (SSSR count). The number of rotatable bonds is 2. The maximum atomic E-state index is 13.2. The van der Waals surface area contributed by atoms with Gasteiger partial charge < -0.3 is 10.4 Å². The zero-order valence-corrected chi connectivity index (χ0v) is 8.61. The van der Waals surface area contributed by atoms with Crippen molar-refractivity contribution in [3.05, 3.63) is 29.1 Å². The van der Waals surface area contributed by atoms with E-state index in [2.05, 4.69) is 0 Å². The summed E-state index contributed by atoms with van der Waals surface area (Å²) in [6, 6.07) is -0.0489. The molecular formula is C9H3F6NO3. The predicted molar refractivity (Wildman–Crippen MR) is 48.0 cm³/mol. The van der Waals surface area contributed by atoms with E-state index in [1.165, 1.54) is 0 Å². The fourth-order valence-electron chi connectivity index (χ4n) is 1.05. The molecule has 2 N–H and O–H groups in total. The highest BCUT2D eigenvalue weighted by molar-refractivity contribution is 5.96. The molecule has 104 valence electrons. The lowest BCUT2D eigenvalue weighted by atomic mass is 10.1. The SMILES string of the molecule is O=C(O)c1cc(F)c(NC(=O)C(F)(F)F)c(F)c1F. The standard InChI is InChI=1S/C9H3F6NO3/c10-3-1-2(7(17)18)4(11)5(12)6(3)16-8(19)9(13,14)15/h1H,(H,16,19)(H,17,18). The van der Waals surface area contributed by atoms with Gasteiger partial charge in [-0.2, -0.15) is 13.2 Å². The number of halogens is 6. The maximum absolute atomic E-state index is 13.2. The third kappa shape index (κ3) is 2.95. The molecule has 0 atom stereocenters. The van der Waals surface area contributed by atoms with Crippen molar-refractivity contribution in [2.75, 3.05) is 5.32 Å². The van der Waals surface area contributed by atoms with E-state index < -0.39 is 46.8 Å². The molecule has 1 amide bonds. The number of hydrogen-bond donors (Lipinski definition) is 2. The fourth-order valence-corrected chi connectivity index (χ4v) is 1.05. The number of carboxylic acids is 1. The summed E-state index contributed by atoms with van der Waals surface area (Å²) in [6.07, 6.45) is -5.44. The summed E-state index contributed by atoms with van der Waals surface area (Å²) in [7, 11) is 0. The summed E-state index contributed by atoms with van der Waals surface area (Å²) < 4.78 is 75.0. The molecule has 1 aromatic rings. The molecule has 4 nitrogen and oxygen atoms in total. The Balaban J connectivity index is 3.28. The van der Waals surface area contributed by atoms with Gasteiger partial charge in [0, 0.05) is 0 Å². The van der Waals surface area contributed by atoms with Crippen LogP contribution in [0.2, 0.25) is 0 Å². The van der Waals surface area contributed by atoms with Crippen LogP contribution in [0.4, 0.5) is 32.0 Å². The van der Waals surface area contributed by atoms with Gasteiger partial charge in [0.2, 0.25) is 0 Å². The van der Waals surface area contributed by atoms with E-state index in [0.717, 1.165) is 5.32 Å². The molecule has 0 aromatic heterocycles. The van der Waals surface area contributed by atoms with Gasteiger partial charge in [-0.3, -0.25) is 4.79 Å². The van der Waals surface area contributed by atoms with Crippen LogP contribution < -0.4 is 5.32 Å². The highest BCUT2D eigenvalue weighted by Gasteiger charge is 2.40. The quantitative estimate of drug-likeness (QED) is 0.648. The Hall–Kier alpha value is -2.26. The molecule has 0 aliphatic carbocycles. The number of anilines is 1. The molecule has 0 heterocycles. The molecule has 0 fully saturated rings. The summed E-state index contributed by atoms with van der Waals surface area (Å²) >= 11 is 0. The summed E-state index contributed by atoms with van der Waals surface area (Å²) in [5, 5.41) is 9.15. The van der Waals surface area contributed by atoms with E-state index in [9.17, 15) is 35.9 Å². The number of alkyl halides is 3. The second-order valence-electron chi connectivity index (χ2n) is 3.17. The van der Waals surface area contributed by atoms with Gasteiger partial charge in [-0.25, -0.2) is 18.0 Å². The highest BCUT2D eigenvalue weighted by Crippen LogP contribution is 2.26. The normalized spacial score (nSPS) is 11.3. The molecule has 0 radical (unpaired) electrons. The van der Waals surface area contributed by atoms with Crippen LogP contribution in [0.3, 0.4) is 0 Å². The van der Waals surface area contributed by atoms with Crippen molar-refractivity contribution in [1.29, 1.82) is 0 Å². The van der Waals surface area contributed by atoms with Gasteiger partial charge in [0.25, 0.3) is 0 Å². The van der Waals surface area contributed by atoms with E-state index >= 15 is 0 Å². The topological polar surface area (TPSA) is 66.4 Å². The molecule has 0 bridgehead atoms. The van der Waals surface area contributed by atoms with Crippen LogP contribution in [-0.2, 0) is 4.79 Å². The Kier molecular flexibility index (Phi) is 3.73. The third-order valence-corrected chi connectivity index (χ3v) is 1.88. The van der Waals surface area contributed by atoms with Crippen molar-refractivity contribution < 1.29 is 41.0 Å². The average Bonchev–Trinajstić information content (AvgIpc) is 2.27. The first kappa shape index (κ1) is 14.8. The van der Waals surface area contributed by atoms with Crippen LogP contribution in [0.15, 0.2) is 6.07 Å². The first-order chi connectivity index (χ1) is 8.55. The molecule has 19 heavy (non-hydrogen) atoms. The third-order valence-electron chi connectivity index (χ3n) is 1.88. The number of carbonyl (C=O) groups excluding carboxylic acids is 1. The van der Waals surface area contributed by atoms with E-state index in [1.807, 2.05) is 0 Å². The number of aromatic carboxylic acids is 1. The molecule has 0 saturated heterocycles. The Morgan fingerprint density at radius 1 is 1.11 bits per heavy atom. The predicted octanol–water partition coefficient (Wildman–Crippen LogP) is 2.30. The molecular weight excluding hydrogens is 284 g/mol. The summed E-state index contributed by atoms with van der Waals surface area (Å²) in [5.41, 5.74) is -3.13. The number of carbonyl (C=O) groups is 2. The van der Waals surface area contributed by atoms with Crippen LogP contribution in [0.25, 0.3) is 0 Å². The van der Waals surface area contributed by atoms with Crippen molar-refractivity contribution in [1.82, 2.24) is 0 Å². The lowest BCUT2D eigenvalue weighted by Gasteiger charge is -2.11. The summed E-state index contributed by atoms with van der Waals surface area (Å²) in [5.74, 6) is -10.9. The number of benzene rings is 1. The average molecular weight is 287 g/mol. The Bertz CT molecular complexity index is 554. The second-order valence-corrected chi connectivity index (χ2v) is 3.17. The summed E-state index contributed by atoms with van der Waals surface area (Å²) in [4.78, 5) is 20.8. The van der Waals surface area contributed by atoms with Gasteiger partial charge in [0.15, 0.2) is 17.5 Å².